The molecule has 0 fully saturated rings. The molecule has 1 aromatic heterocycles. The molecular weight excluding hydrogens is 344 g/mol. The zero-order chi connectivity index (χ0) is 17.2. The Balaban J connectivity index is 2.33. The molecule has 0 unspecified atom stereocenters. The highest BCUT2D eigenvalue weighted by molar-refractivity contribution is 7.92. The molecule has 0 atom stereocenters. The molecule has 1 N–H and O–H groups in total. The van der Waals surface area contributed by atoms with Crippen LogP contribution in [0.5, 0.6) is 0 Å². The topological polar surface area (TPSA) is 98.5 Å². The van der Waals surface area contributed by atoms with E-state index in [1.165, 1.54) is 19.1 Å². The Morgan fingerprint density at radius 3 is 2.74 bits per heavy atom. The molecule has 0 aliphatic rings. The average Bonchev–Trinajstić information content (AvgIpc) is 2.82. The van der Waals surface area contributed by atoms with Crippen LogP contribution in [-0.4, -0.2) is 26.0 Å². The summed E-state index contributed by atoms with van der Waals surface area (Å²) < 4.78 is 37.0. The van der Waals surface area contributed by atoms with Gasteiger partial charge in [-0.25, -0.2) is 17.9 Å². The van der Waals surface area contributed by atoms with Gasteiger partial charge in [0.1, 0.15) is 0 Å². The molecule has 0 saturated heterocycles. The van der Waals surface area contributed by atoms with E-state index >= 15 is 0 Å². The van der Waals surface area contributed by atoms with Crippen molar-refractivity contribution in [3.8, 4) is 0 Å². The maximum Gasteiger partial charge on any atom is 0.376 e. The normalized spacial score (nSPS) is 11.3. The highest BCUT2D eigenvalue weighted by Gasteiger charge is 2.24. The van der Waals surface area contributed by atoms with E-state index in [1.54, 1.807) is 19.9 Å². The summed E-state index contributed by atoms with van der Waals surface area (Å²) in [7, 11) is -3.95. The molecule has 0 spiro atoms. The fourth-order valence-corrected chi connectivity index (χ4v) is 3.30. The summed E-state index contributed by atoms with van der Waals surface area (Å²) in [6, 6.07) is 4.20. The van der Waals surface area contributed by atoms with Crippen LogP contribution in [0.4, 0.5) is 6.01 Å². The summed E-state index contributed by atoms with van der Waals surface area (Å²) in [5, 5.41) is 0.323. The molecule has 0 aliphatic carbocycles. The van der Waals surface area contributed by atoms with Crippen LogP contribution >= 0.6 is 11.6 Å². The average molecular weight is 359 g/mol. The quantitative estimate of drug-likeness (QED) is 0.825. The van der Waals surface area contributed by atoms with Gasteiger partial charge in [-0.3, -0.25) is 0 Å². The summed E-state index contributed by atoms with van der Waals surface area (Å²) in [5.41, 5.74) is 0.625. The largest absolute Gasteiger partial charge is 0.460 e. The van der Waals surface area contributed by atoms with Crippen molar-refractivity contribution in [2.45, 2.75) is 25.7 Å². The van der Waals surface area contributed by atoms with E-state index in [2.05, 4.69) is 9.71 Å². The van der Waals surface area contributed by atoms with Gasteiger partial charge in [-0.2, -0.15) is 4.98 Å². The smallest absolute Gasteiger partial charge is 0.376 e. The van der Waals surface area contributed by atoms with Gasteiger partial charge in [0.15, 0.2) is 0 Å². The van der Waals surface area contributed by atoms with Gasteiger partial charge in [0, 0.05) is 5.02 Å². The van der Waals surface area contributed by atoms with Gasteiger partial charge >= 0.3 is 12.0 Å². The number of hydrogen-bond acceptors (Lipinski definition) is 6. The van der Waals surface area contributed by atoms with Crippen molar-refractivity contribution in [3.63, 3.8) is 0 Å². The Morgan fingerprint density at radius 1 is 1.39 bits per heavy atom. The first kappa shape index (κ1) is 17.3. The number of aromatic nitrogens is 1. The van der Waals surface area contributed by atoms with Crippen molar-refractivity contribution < 1.29 is 22.4 Å². The molecule has 0 amide bonds. The summed E-state index contributed by atoms with van der Waals surface area (Å²) in [5.74, 6) is -0.853. The van der Waals surface area contributed by atoms with Crippen molar-refractivity contribution in [1.82, 2.24) is 4.98 Å². The van der Waals surface area contributed by atoms with Gasteiger partial charge in [0.05, 0.1) is 17.2 Å². The van der Waals surface area contributed by atoms with Crippen LogP contribution in [0.1, 0.15) is 28.7 Å². The number of carbonyl (C=O) groups excluding carboxylic acids is 1. The summed E-state index contributed by atoms with van der Waals surface area (Å²) >= 11 is 5.94. The molecule has 9 heteroatoms. The van der Waals surface area contributed by atoms with Crippen molar-refractivity contribution in [2.75, 3.05) is 11.3 Å². The zero-order valence-corrected chi connectivity index (χ0v) is 14.3. The lowest BCUT2D eigenvalue weighted by atomic mass is 10.2. The Hall–Kier alpha value is -2.06. The third-order valence-corrected chi connectivity index (χ3v) is 4.86. The number of aryl methyl sites for hydroxylation is 1. The van der Waals surface area contributed by atoms with Crippen LogP contribution in [0.2, 0.25) is 5.02 Å². The number of halogens is 1. The highest BCUT2D eigenvalue weighted by atomic mass is 35.5. The van der Waals surface area contributed by atoms with Crippen molar-refractivity contribution in [3.05, 3.63) is 40.2 Å². The van der Waals surface area contributed by atoms with E-state index in [9.17, 15) is 13.2 Å². The van der Waals surface area contributed by atoms with E-state index in [1.807, 2.05) is 0 Å². The number of esters is 1. The number of ether oxygens (including phenoxy) is 1. The zero-order valence-electron chi connectivity index (χ0n) is 12.7. The molecule has 124 valence electrons. The van der Waals surface area contributed by atoms with Crippen LogP contribution in [0.3, 0.4) is 0 Å². The molecule has 0 radical (unpaired) electrons. The lowest BCUT2D eigenvalue weighted by molar-refractivity contribution is 0.0490. The van der Waals surface area contributed by atoms with Crippen molar-refractivity contribution >= 4 is 33.6 Å². The van der Waals surface area contributed by atoms with E-state index < -0.39 is 16.0 Å². The number of rotatable bonds is 5. The Kier molecular flexibility index (Phi) is 4.96. The van der Waals surface area contributed by atoms with Crippen LogP contribution < -0.4 is 4.72 Å². The minimum atomic E-state index is -3.95. The molecule has 23 heavy (non-hydrogen) atoms. The molecule has 0 bridgehead atoms. The SMILES string of the molecule is CCOC(=O)c1oc(NS(=O)(=O)c2cccc(Cl)c2C)nc1C. The monoisotopic (exact) mass is 358 g/mol. The van der Waals surface area contributed by atoms with E-state index in [0.29, 0.717) is 10.6 Å². The van der Waals surface area contributed by atoms with Gasteiger partial charge < -0.3 is 9.15 Å². The minimum Gasteiger partial charge on any atom is -0.460 e. The standard InChI is InChI=1S/C14H15ClN2O5S/c1-4-21-13(18)12-9(3)16-14(22-12)17-23(19,20)11-7-5-6-10(15)8(11)2/h5-7H,4H2,1-3H3,(H,16,17). The second kappa shape index (κ2) is 6.59. The summed E-state index contributed by atoms with van der Waals surface area (Å²) in [6.45, 7) is 4.91. The maximum atomic E-state index is 12.4. The molecule has 1 aromatic carbocycles. The highest BCUT2D eigenvalue weighted by Crippen LogP contribution is 2.25. The van der Waals surface area contributed by atoms with Gasteiger partial charge in [0.2, 0.25) is 5.76 Å². The Labute approximate surface area is 138 Å². The molecule has 0 aliphatic heterocycles. The van der Waals surface area contributed by atoms with Gasteiger partial charge in [0.25, 0.3) is 10.0 Å². The Bertz CT molecular complexity index is 845. The molecule has 2 rings (SSSR count). The second-order valence-corrected chi connectivity index (χ2v) is 6.68. The lowest BCUT2D eigenvalue weighted by Crippen LogP contribution is -2.14. The van der Waals surface area contributed by atoms with E-state index in [4.69, 9.17) is 20.8 Å². The van der Waals surface area contributed by atoms with Gasteiger partial charge in [-0.05, 0) is 38.5 Å². The third kappa shape index (κ3) is 3.65. The molecule has 7 nitrogen and oxygen atoms in total. The lowest BCUT2D eigenvalue weighted by Gasteiger charge is -2.08. The predicted octanol–water partition coefficient (Wildman–Crippen LogP) is 2.92. The number of carbonyl (C=O) groups is 1. The molecular formula is C14H15ClN2O5S. The van der Waals surface area contributed by atoms with Crippen LogP contribution in [0.25, 0.3) is 0 Å². The fourth-order valence-electron chi connectivity index (χ4n) is 1.87. The minimum absolute atomic E-state index is 0.00135. The van der Waals surface area contributed by atoms with Crippen LogP contribution in [0, 0.1) is 13.8 Å². The van der Waals surface area contributed by atoms with Crippen LogP contribution in [-0.2, 0) is 14.8 Å². The Morgan fingerprint density at radius 2 is 2.09 bits per heavy atom. The van der Waals surface area contributed by atoms with Crippen molar-refractivity contribution in [2.24, 2.45) is 0 Å². The summed E-state index contributed by atoms with van der Waals surface area (Å²) in [6.07, 6.45) is 0. The van der Waals surface area contributed by atoms with Gasteiger partial charge in [-0.1, -0.05) is 17.7 Å². The fraction of sp³-hybridized carbons (Fsp3) is 0.286. The second-order valence-electron chi connectivity index (χ2n) is 4.62. The van der Waals surface area contributed by atoms with E-state index in [0.717, 1.165) is 0 Å². The van der Waals surface area contributed by atoms with Crippen molar-refractivity contribution in [1.29, 1.82) is 0 Å². The van der Waals surface area contributed by atoms with Gasteiger partial charge in [-0.15, -0.1) is 0 Å². The molecule has 0 saturated carbocycles. The number of nitrogens with zero attached hydrogens (tertiary/aromatic N) is 1. The number of nitrogens with one attached hydrogen (secondary N) is 1. The molecule has 2 aromatic rings. The third-order valence-electron chi connectivity index (χ3n) is 2.99. The number of benzene rings is 1. The molecule has 1 heterocycles. The number of hydrogen-bond donors (Lipinski definition) is 1. The first-order valence-electron chi connectivity index (χ1n) is 6.68. The number of anilines is 1. The van der Waals surface area contributed by atoms with Crippen LogP contribution in [0.15, 0.2) is 27.5 Å². The summed E-state index contributed by atoms with van der Waals surface area (Å²) in [4.78, 5) is 15.5. The first-order chi connectivity index (χ1) is 10.8. The first-order valence-corrected chi connectivity index (χ1v) is 8.55. The number of oxazole rings is 1. The van der Waals surface area contributed by atoms with E-state index in [-0.39, 0.29) is 29.0 Å². The maximum absolute atomic E-state index is 12.4. The predicted molar refractivity (Wildman–Crippen MR) is 84.2 cm³/mol. The number of sulfonamides is 1.